The molecule has 1 amide bonds. The van der Waals surface area contributed by atoms with Crippen molar-refractivity contribution in [2.24, 2.45) is 5.92 Å². The third-order valence-corrected chi connectivity index (χ3v) is 8.28. The number of halogens is 2. The first-order valence-electron chi connectivity index (χ1n) is 14.1. The lowest BCUT2D eigenvalue weighted by atomic mass is 10.0. The Morgan fingerprint density at radius 2 is 1.79 bits per heavy atom. The van der Waals surface area contributed by atoms with E-state index in [1.54, 1.807) is 0 Å². The summed E-state index contributed by atoms with van der Waals surface area (Å²) in [6.45, 7) is 9.33. The molecule has 2 aliphatic rings. The number of ether oxygens (including phenoxy) is 1. The van der Waals surface area contributed by atoms with Crippen molar-refractivity contribution in [1.82, 2.24) is 4.90 Å². The van der Waals surface area contributed by atoms with Gasteiger partial charge < -0.3 is 14.5 Å². The minimum atomic E-state index is -0.368. The Balaban J connectivity index is 1.22. The van der Waals surface area contributed by atoms with E-state index in [0.717, 1.165) is 76.1 Å². The van der Waals surface area contributed by atoms with E-state index in [0.29, 0.717) is 40.9 Å². The number of nitrogens with zero attached hydrogens (tertiary/aromatic N) is 3. The molecule has 2 aliphatic heterocycles. The van der Waals surface area contributed by atoms with Gasteiger partial charge >= 0.3 is 5.97 Å². The molecule has 1 atom stereocenters. The van der Waals surface area contributed by atoms with Crippen LogP contribution in [0.5, 0.6) is 5.75 Å². The number of hydrogen-bond donors (Lipinski definition) is 0. The lowest BCUT2D eigenvalue weighted by molar-refractivity contribution is -0.154. The molecule has 7 nitrogen and oxygen atoms in total. The minimum absolute atomic E-state index is 0.201. The number of benzene rings is 2. The molecule has 0 aromatic heterocycles. The van der Waals surface area contributed by atoms with Gasteiger partial charge in [0.1, 0.15) is 5.75 Å². The first kappa shape index (κ1) is 29.5. The molecule has 4 rings (SSSR count). The number of carbonyl (C=O) groups is 2. The lowest BCUT2D eigenvalue weighted by Crippen LogP contribution is -2.46. The number of unbranched alkanes of at least 4 members (excludes halogenated alkanes) is 2. The molecule has 2 aromatic rings. The molecule has 9 heteroatoms. The van der Waals surface area contributed by atoms with Crippen molar-refractivity contribution in [3.05, 3.63) is 52.0 Å². The molecule has 39 heavy (non-hydrogen) atoms. The van der Waals surface area contributed by atoms with E-state index in [-0.39, 0.29) is 17.8 Å². The van der Waals surface area contributed by atoms with E-state index in [4.69, 9.17) is 32.8 Å². The topological polar surface area (TPSA) is 62.3 Å². The number of hydrogen-bond acceptors (Lipinski definition) is 6. The normalized spacial score (nSPS) is 16.7. The number of piperazine rings is 1. The van der Waals surface area contributed by atoms with Gasteiger partial charge in [0, 0.05) is 38.7 Å². The summed E-state index contributed by atoms with van der Waals surface area (Å²) in [4.78, 5) is 35.5. The number of carbonyl (C=O) groups excluding carboxylic acids is 2. The van der Waals surface area contributed by atoms with E-state index in [1.807, 2.05) is 43.3 Å². The smallest absolute Gasteiger partial charge is 0.335 e. The Hall–Kier alpha value is -2.48. The number of rotatable bonds is 12. The first-order valence-corrected chi connectivity index (χ1v) is 14.8. The van der Waals surface area contributed by atoms with Crippen LogP contribution in [0.15, 0.2) is 36.4 Å². The van der Waals surface area contributed by atoms with Crippen molar-refractivity contribution in [1.29, 1.82) is 0 Å². The fourth-order valence-corrected chi connectivity index (χ4v) is 5.41. The number of aryl methyl sites for hydroxylation is 1. The van der Waals surface area contributed by atoms with E-state index >= 15 is 0 Å². The van der Waals surface area contributed by atoms with Crippen LogP contribution in [0.3, 0.4) is 0 Å². The molecule has 212 valence electrons. The Morgan fingerprint density at radius 1 is 1.00 bits per heavy atom. The van der Waals surface area contributed by atoms with Gasteiger partial charge in [-0.15, -0.1) is 5.06 Å². The summed E-state index contributed by atoms with van der Waals surface area (Å²) in [5.41, 5.74) is 2.59. The third kappa shape index (κ3) is 7.80. The van der Waals surface area contributed by atoms with Crippen molar-refractivity contribution < 1.29 is 19.2 Å². The van der Waals surface area contributed by atoms with Crippen molar-refractivity contribution in [3.63, 3.8) is 0 Å². The predicted molar refractivity (Wildman–Crippen MR) is 157 cm³/mol. The standard InChI is InChI=1S/C30H39Cl2N3O4/c1-3-4-8-22(2)30(37)39-35-27-21-24(13-11-23(27)12-14-28(35)36)38-20-6-5-15-33-16-18-34(19-17-33)26-10-7-9-25(31)29(26)32/h7,9-11,13,21-22H,3-6,8,12,14-20H2,1-2H3. The van der Waals surface area contributed by atoms with Crippen LogP contribution in [0.25, 0.3) is 0 Å². The lowest BCUT2D eigenvalue weighted by Gasteiger charge is -2.36. The number of anilines is 2. The molecule has 2 heterocycles. The maximum Gasteiger partial charge on any atom is 0.335 e. The maximum absolute atomic E-state index is 12.6. The van der Waals surface area contributed by atoms with Gasteiger partial charge in [-0.3, -0.25) is 9.69 Å². The highest BCUT2D eigenvalue weighted by Crippen LogP contribution is 2.34. The molecule has 0 saturated carbocycles. The predicted octanol–water partition coefficient (Wildman–Crippen LogP) is 6.54. The Morgan fingerprint density at radius 3 is 2.56 bits per heavy atom. The molecule has 2 aromatic carbocycles. The summed E-state index contributed by atoms with van der Waals surface area (Å²) >= 11 is 12.6. The average molecular weight is 577 g/mol. The molecule has 1 fully saturated rings. The zero-order chi connectivity index (χ0) is 27.8. The Kier molecular flexibility index (Phi) is 10.8. The zero-order valence-corrected chi connectivity index (χ0v) is 24.5. The molecular formula is C30H39Cl2N3O4. The second-order valence-corrected chi connectivity index (χ2v) is 11.2. The van der Waals surface area contributed by atoms with Crippen molar-refractivity contribution in [2.75, 3.05) is 49.3 Å². The number of hydroxylamine groups is 1. The monoisotopic (exact) mass is 575 g/mol. The van der Waals surface area contributed by atoms with Crippen molar-refractivity contribution in [2.45, 2.75) is 58.8 Å². The third-order valence-electron chi connectivity index (χ3n) is 7.47. The SMILES string of the molecule is CCCCC(C)C(=O)ON1C(=O)CCc2ccc(OCCCCN3CCN(c4cccc(Cl)c4Cl)CC3)cc21. The summed E-state index contributed by atoms with van der Waals surface area (Å²) in [5.74, 6) is -0.142. The van der Waals surface area contributed by atoms with Gasteiger partial charge in [0.25, 0.3) is 5.91 Å². The van der Waals surface area contributed by atoms with Crippen LogP contribution in [0.1, 0.15) is 57.9 Å². The summed E-state index contributed by atoms with van der Waals surface area (Å²) in [5, 5.41) is 2.39. The molecule has 1 unspecified atom stereocenters. The number of amides is 1. The summed E-state index contributed by atoms with van der Waals surface area (Å²) in [7, 11) is 0. The van der Waals surface area contributed by atoms with Crippen LogP contribution in [0.2, 0.25) is 10.0 Å². The van der Waals surface area contributed by atoms with Gasteiger partial charge in [-0.1, -0.05) is 62.0 Å². The highest BCUT2D eigenvalue weighted by molar-refractivity contribution is 6.43. The fourth-order valence-electron chi connectivity index (χ4n) is 5.00. The van der Waals surface area contributed by atoms with Crippen LogP contribution in [-0.4, -0.2) is 56.1 Å². The van der Waals surface area contributed by atoms with Gasteiger partial charge in [-0.05, 0) is 56.0 Å². The van der Waals surface area contributed by atoms with Gasteiger partial charge in [-0.25, -0.2) is 4.79 Å². The van der Waals surface area contributed by atoms with Gasteiger partial charge in [-0.2, -0.15) is 0 Å². The van der Waals surface area contributed by atoms with E-state index in [9.17, 15) is 9.59 Å². The number of fused-ring (bicyclic) bond motifs is 1. The largest absolute Gasteiger partial charge is 0.494 e. The Bertz CT molecular complexity index is 1140. The van der Waals surface area contributed by atoms with Gasteiger partial charge in [0.15, 0.2) is 0 Å². The maximum atomic E-state index is 12.6. The molecule has 1 saturated heterocycles. The van der Waals surface area contributed by atoms with Crippen LogP contribution in [0.4, 0.5) is 11.4 Å². The van der Waals surface area contributed by atoms with E-state index in [1.165, 1.54) is 5.06 Å². The second-order valence-electron chi connectivity index (χ2n) is 10.4. The summed E-state index contributed by atoms with van der Waals surface area (Å²) in [6, 6.07) is 11.5. The van der Waals surface area contributed by atoms with Gasteiger partial charge in [0.05, 0.1) is 33.9 Å². The summed E-state index contributed by atoms with van der Waals surface area (Å²) in [6.07, 6.45) is 5.62. The fraction of sp³-hybridized carbons (Fsp3) is 0.533. The van der Waals surface area contributed by atoms with E-state index in [2.05, 4.69) is 16.7 Å². The van der Waals surface area contributed by atoms with Gasteiger partial charge in [0.2, 0.25) is 0 Å². The van der Waals surface area contributed by atoms with Crippen LogP contribution >= 0.6 is 23.2 Å². The molecule has 0 radical (unpaired) electrons. The van der Waals surface area contributed by atoms with Crippen molar-refractivity contribution in [3.8, 4) is 5.75 Å². The molecular weight excluding hydrogens is 537 g/mol. The average Bonchev–Trinajstić information content (AvgIpc) is 2.95. The molecule has 0 aliphatic carbocycles. The van der Waals surface area contributed by atoms with Crippen LogP contribution < -0.4 is 14.7 Å². The molecule has 0 bridgehead atoms. The minimum Gasteiger partial charge on any atom is -0.494 e. The highest BCUT2D eigenvalue weighted by atomic mass is 35.5. The second kappa shape index (κ2) is 14.2. The summed E-state index contributed by atoms with van der Waals surface area (Å²) < 4.78 is 6.02. The first-order chi connectivity index (χ1) is 18.9. The van der Waals surface area contributed by atoms with E-state index < -0.39 is 0 Å². The zero-order valence-electron chi connectivity index (χ0n) is 23.0. The van der Waals surface area contributed by atoms with Crippen LogP contribution in [-0.2, 0) is 20.8 Å². The molecule has 0 N–H and O–H groups in total. The quantitative estimate of drug-likeness (QED) is 0.268. The molecule has 0 spiro atoms. The highest BCUT2D eigenvalue weighted by Gasteiger charge is 2.30. The van der Waals surface area contributed by atoms with Crippen molar-refractivity contribution >= 4 is 46.5 Å². The van der Waals surface area contributed by atoms with Crippen LogP contribution in [0, 0.1) is 5.92 Å². The Labute approximate surface area is 241 Å².